The maximum Gasteiger partial charge on any atom is 0.323 e. The zero-order valence-electron chi connectivity index (χ0n) is 69.9. The first-order valence-electron chi connectivity index (χ1n) is 38.5. The number of urea groups is 6. The molecular formula is C87H72F6N20O22. The van der Waals surface area contributed by atoms with Crippen molar-refractivity contribution < 1.29 is 104 Å². The minimum Gasteiger partial charge on any atom is -0.506 e. The van der Waals surface area contributed by atoms with Crippen LogP contribution in [-0.2, 0) is 4.79 Å². The van der Waals surface area contributed by atoms with Gasteiger partial charge in [-0.05, 0) is 171 Å². The smallest absolute Gasteiger partial charge is 0.323 e. The van der Waals surface area contributed by atoms with Crippen LogP contribution >= 0.6 is 0 Å². The lowest BCUT2D eigenvalue weighted by atomic mass is 10.1. The third-order valence-corrected chi connectivity index (χ3v) is 17.4. The molecule has 0 atom stereocenters. The van der Waals surface area contributed by atoms with Crippen LogP contribution in [0.5, 0.6) is 17.2 Å². The van der Waals surface area contributed by atoms with E-state index in [1.54, 1.807) is 25.1 Å². The van der Waals surface area contributed by atoms with Crippen molar-refractivity contribution in [2.45, 2.75) is 26.7 Å². The van der Waals surface area contributed by atoms with Gasteiger partial charge in [0.1, 0.15) is 52.5 Å². The second-order valence-electron chi connectivity index (χ2n) is 27.2. The summed E-state index contributed by atoms with van der Waals surface area (Å²) in [6.07, 6.45) is 2.00. The Morgan fingerprint density at radius 2 is 0.607 bits per heavy atom. The number of hydrogen-bond acceptors (Lipinski definition) is 24. The highest BCUT2D eigenvalue weighted by Crippen LogP contribution is 2.36. The molecule has 1 aliphatic rings. The summed E-state index contributed by atoms with van der Waals surface area (Å²) >= 11 is 0. The number of nitrogens with zero attached hydrogens (tertiary/aromatic N) is 8. The van der Waals surface area contributed by atoms with Crippen molar-refractivity contribution in [1.82, 2.24) is 0 Å². The van der Waals surface area contributed by atoms with E-state index < -0.39 is 112 Å². The molecule has 135 heavy (non-hydrogen) atoms. The maximum absolute atomic E-state index is 13.2. The summed E-state index contributed by atoms with van der Waals surface area (Å²) in [6.45, 7) is 4.32. The maximum atomic E-state index is 13.2. The van der Waals surface area contributed by atoms with Gasteiger partial charge in [-0.2, -0.15) is 5.26 Å². The first-order valence-corrected chi connectivity index (χ1v) is 38.5. The molecule has 0 aromatic heterocycles. The molecule has 0 aliphatic carbocycles. The molecule has 12 aromatic rings. The Hall–Kier alpha value is -19.4. The van der Waals surface area contributed by atoms with E-state index in [1.807, 2.05) is 4.90 Å². The molecule has 42 nitrogen and oxygen atoms in total. The highest BCUT2D eigenvalue weighted by atomic mass is 19.1. The van der Waals surface area contributed by atoms with Gasteiger partial charge in [-0.25, -0.2) is 55.1 Å². The van der Waals surface area contributed by atoms with Crippen LogP contribution in [0.4, 0.5) is 163 Å². The quantitative estimate of drug-likeness (QED) is 0.00793. The molecule has 13 rings (SSSR count). The molecule has 13 N–H and O–H groups in total. The number of carbonyl (C=O) groups excluding carboxylic acids is 7. The minimum absolute atomic E-state index is 0.00509. The number of hydrogen-bond donors (Lipinski definition) is 13. The van der Waals surface area contributed by atoms with E-state index in [2.05, 4.69) is 63.8 Å². The number of ether oxygens (including phenoxy) is 2. The highest BCUT2D eigenvalue weighted by molar-refractivity contribution is 6.05. The summed E-state index contributed by atoms with van der Waals surface area (Å²) in [7, 11) is 1.33. The first kappa shape index (κ1) is 101. The minimum atomic E-state index is -0.733. The Bertz CT molecular complexity index is 6400. The number of aromatic hydroxyl groups is 1. The third kappa shape index (κ3) is 33.1. The Morgan fingerprint density at radius 3 is 0.926 bits per heavy atom. The van der Waals surface area contributed by atoms with Crippen LogP contribution in [0.3, 0.4) is 0 Å². The molecule has 1 aliphatic heterocycles. The molecule has 0 radical (unpaired) electrons. The normalized spacial score (nSPS) is 10.6. The fraction of sp³-hybridized carbons (Fsp3) is 0.0805. The lowest BCUT2D eigenvalue weighted by Crippen LogP contribution is -2.24. The van der Waals surface area contributed by atoms with E-state index in [4.69, 9.17) is 14.7 Å². The number of anilines is 13. The van der Waals surface area contributed by atoms with Gasteiger partial charge in [-0.15, -0.1) is 0 Å². The van der Waals surface area contributed by atoms with Crippen molar-refractivity contribution in [3.8, 4) is 23.3 Å². The predicted octanol–water partition coefficient (Wildman–Crippen LogP) is 20.7. The molecule has 0 bridgehead atoms. The fourth-order valence-corrected chi connectivity index (χ4v) is 11.4. The SMILES string of the molecule is CC(=O)Oc1cc([N+](=O)[O-])ccc1NC(=O)Nc1cccc(F)c1.COc1cc([N+](=O)[O-])ccc1NC(=O)Nc1cccc(F)c1.Cc1cc([N+](=O)[O-])ccc1NC(=O)Nc1cccc(F)c1.N#Cc1cc([N+](=O)[O-])ccc1NC(=O)Nc1cccc(F)c1.O=C(Nc1cccc(F)c1)Nc1ccc([N+](=O)[O-])cc1N1CCCC1.O=C(Nc1cccc(F)c1)Nc1ccc([N+](=O)[O-])cc1O. The Morgan fingerprint density at radius 1 is 0.341 bits per heavy atom. The number of nitriles is 1. The monoisotopic (exact) mass is 1860 g/mol. The zero-order valence-corrected chi connectivity index (χ0v) is 69.9. The van der Waals surface area contributed by atoms with Gasteiger partial charge in [0.15, 0.2) is 5.75 Å². The molecule has 12 amide bonds. The molecule has 0 saturated carbocycles. The van der Waals surface area contributed by atoms with Gasteiger partial charge in [0.25, 0.3) is 34.1 Å². The van der Waals surface area contributed by atoms with Gasteiger partial charge >= 0.3 is 42.2 Å². The first-order chi connectivity index (χ1) is 64.3. The summed E-state index contributed by atoms with van der Waals surface area (Å²) < 4.78 is 88.1. The molecule has 12 aromatic carbocycles. The number of non-ortho nitro benzene ring substituents is 6. The van der Waals surface area contributed by atoms with Gasteiger partial charge in [-0.1, -0.05) is 36.4 Å². The van der Waals surface area contributed by atoms with E-state index in [-0.39, 0.29) is 96.7 Å². The van der Waals surface area contributed by atoms with E-state index >= 15 is 0 Å². The van der Waals surface area contributed by atoms with Crippen LogP contribution in [0.2, 0.25) is 0 Å². The number of amides is 12. The van der Waals surface area contributed by atoms with Gasteiger partial charge in [-0.3, -0.25) is 65.5 Å². The number of esters is 1. The van der Waals surface area contributed by atoms with E-state index in [0.717, 1.165) is 87.5 Å². The third-order valence-electron chi connectivity index (χ3n) is 17.4. The van der Waals surface area contributed by atoms with Crippen molar-refractivity contribution in [2.75, 3.05) is 88.9 Å². The summed E-state index contributed by atoms with van der Waals surface area (Å²) in [5.41, 5.74) is 2.92. The topological polar surface area (TPSA) is 588 Å². The average Bonchev–Trinajstić information content (AvgIpc) is 1.79. The number of nitrogens with one attached hydrogen (secondary N) is 12. The van der Waals surface area contributed by atoms with Crippen LogP contribution < -0.4 is 78.2 Å². The number of benzene rings is 12. The molecular weight excluding hydrogens is 1790 g/mol. The average molecular weight is 1860 g/mol. The van der Waals surface area contributed by atoms with Crippen molar-refractivity contribution in [3.05, 3.63) is 362 Å². The van der Waals surface area contributed by atoms with Crippen LogP contribution in [-0.4, -0.2) is 97.0 Å². The Labute approximate surface area is 756 Å². The molecule has 694 valence electrons. The zero-order chi connectivity index (χ0) is 98.5. The number of phenols is 1. The van der Waals surface area contributed by atoms with Crippen molar-refractivity contribution in [3.63, 3.8) is 0 Å². The van der Waals surface area contributed by atoms with Crippen LogP contribution in [0.25, 0.3) is 0 Å². The predicted molar refractivity (Wildman–Crippen MR) is 483 cm³/mol. The highest BCUT2D eigenvalue weighted by Gasteiger charge is 2.24. The molecule has 0 spiro atoms. The van der Waals surface area contributed by atoms with Crippen LogP contribution in [0.15, 0.2) is 255 Å². The number of rotatable bonds is 21. The van der Waals surface area contributed by atoms with E-state index in [1.165, 1.54) is 195 Å². The van der Waals surface area contributed by atoms with Gasteiger partial charge in [0.05, 0.1) is 94.5 Å². The lowest BCUT2D eigenvalue weighted by molar-refractivity contribution is -0.385. The molecule has 1 fully saturated rings. The number of carbonyl (C=O) groups is 7. The summed E-state index contributed by atoms with van der Waals surface area (Å²) in [5.74, 6) is -4.12. The van der Waals surface area contributed by atoms with Gasteiger partial charge < -0.3 is 83.3 Å². The Kier molecular flexibility index (Phi) is 36.7. The van der Waals surface area contributed by atoms with Crippen molar-refractivity contribution in [1.29, 1.82) is 5.26 Å². The standard InChI is InChI=1S/C17H17FN4O3.C15H12FN3O5.C14H9FN4O3.C14H12FN3O4.C14H12FN3O3.C13H10FN3O4/c18-12-4-3-5-13(10-12)19-17(23)20-15-7-6-14(22(24)25)11-16(15)21-8-1-2-9-21;1-9(20)24-14-8-12(19(22)23)5-6-13(14)18-15(21)17-11-4-2-3-10(16)7-11;15-10-2-1-3-11(7-10)17-14(20)18-13-5-4-12(19(21)22)6-9(13)8-16;1-22-13-8-11(18(20)21)5-6-12(13)17-14(19)16-10-4-2-3-9(15)7-10;1-9-7-12(18(20)21)5-6-13(9)17-14(19)16-11-4-2-3-10(15)8-11;14-8-2-1-3-9(6-8)15-13(19)16-11-5-4-10(17(20)21)7-12(11)18/h3-7,10-11H,1-2,8-9H2,(H2,19,20,23);2-8H,1H3,(H2,17,18,21);1-7H,(H2,17,18,20);2-8H,1H3,(H2,16,17,19);2-8H,1H3,(H2,16,17,19);1-7,18H,(H2,15,16,19). The molecule has 48 heteroatoms. The number of nitro benzene ring substituents is 6. The Balaban J connectivity index is 0.000000199. The second kappa shape index (κ2) is 49.1. The molecule has 0 unspecified atom stereocenters. The van der Waals surface area contributed by atoms with E-state index in [9.17, 15) is 126 Å². The molecule has 1 saturated heterocycles. The van der Waals surface area contributed by atoms with Gasteiger partial charge in [0.2, 0.25) is 0 Å². The van der Waals surface area contributed by atoms with Crippen LogP contribution in [0, 0.1) is 114 Å². The molecule has 1 heterocycles. The largest absolute Gasteiger partial charge is 0.506 e. The summed E-state index contributed by atoms with van der Waals surface area (Å²) in [6, 6.07) is 52.3. The number of phenolic OH excluding ortho intramolecular Hbond substituents is 1. The van der Waals surface area contributed by atoms with Gasteiger partial charge in [0, 0.05) is 114 Å². The fourth-order valence-electron chi connectivity index (χ4n) is 11.4. The van der Waals surface area contributed by atoms with Crippen LogP contribution in [0.1, 0.15) is 30.9 Å². The second-order valence-corrected chi connectivity index (χ2v) is 27.2. The summed E-state index contributed by atoms with van der Waals surface area (Å²) in [5, 5.41) is 112. The van der Waals surface area contributed by atoms with Crippen molar-refractivity contribution in [2.24, 2.45) is 0 Å². The van der Waals surface area contributed by atoms with Crippen molar-refractivity contribution >= 4 is 150 Å². The number of aryl methyl sites for hydroxylation is 1. The lowest BCUT2D eigenvalue weighted by Gasteiger charge is -2.21. The number of methoxy groups -OCH3 is 1. The number of nitro groups is 6. The number of halogens is 6. The summed E-state index contributed by atoms with van der Waals surface area (Å²) in [4.78, 5) is 145. The van der Waals surface area contributed by atoms with E-state index in [0.29, 0.717) is 34.0 Å².